The topological polar surface area (TPSA) is 55.4 Å². The summed E-state index contributed by atoms with van der Waals surface area (Å²) in [5, 5.41) is 3.24. The highest BCUT2D eigenvalue weighted by molar-refractivity contribution is 6.30. The highest BCUT2D eigenvalue weighted by Gasteiger charge is 2.05. The summed E-state index contributed by atoms with van der Waals surface area (Å²) in [6, 6.07) is 14.4. The van der Waals surface area contributed by atoms with Gasteiger partial charge in [0, 0.05) is 16.8 Å². The summed E-state index contributed by atoms with van der Waals surface area (Å²) in [6.45, 7) is 1.59. The van der Waals surface area contributed by atoms with Gasteiger partial charge in [-0.2, -0.15) is 0 Å². The van der Waals surface area contributed by atoms with Gasteiger partial charge in [0.1, 0.15) is 0 Å². The molecular weight excluding hydrogens is 314 g/mol. The fourth-order valence-corrected chi connectivity index (χ4v) is 2.08. The minimum absolute atomic E-state index is 0.341. The number of anilines is 1. The van der Waals surface area contributed by atoms with E-state index in [9.17, 15) is 9.59 Å². The Bertz CT molecular complexity index is 741. The molecule has 0 atom stereocenters. The van der Waals surface area contributed by atoms with Crippen LogP contribution >= 0.6 is 11.6 Å². The molecule has 0 fully saturated rings. The van der Waals surface area contributed by atoms with E-state index < -0.39 is 5.97 Å². The van der Waals surface area contributed by atoms with Crippen LogP contribution in [0.4, 0.5) is 5.69 Å². The summed E-state index contributed by atoms with van der Waals surface area (Å²) in [4.78, 5) is 23.3. The third kappa shape index (κ3) is 5.96. The summed E-state index contributed by atoms with van der Waals surface area (Å²) in [5.41, 5.74) is 2.48. The van der Waals surface area contributed by atoms with Gasteiger partial charge in [-0.05, 0) is 48.4 Å². The molecule has 0 aromatic heterocycles. The minimum atomic E-state index is -0.593. The molecule has 0 saturated heterocycles. The third-order valence-electron chi connectivity index (χ3n) is 2.91. The van der Waals surface area contributed by atoms with E-state index in [0.717, 1.165) is 11.1 Å². The average molecular weight is 330 g/mol. The monoisotopic (exact) mass is 329 g/mol. The number of halogens is 1. The van der Waals surface area contributed by atoms with E-state index in [2.05, 4.69) is 5.32 Å². The molecule has 23 heavy (non-hydrogen) atoms. The number of nitrogens with one attached hydrogen (secondary N) is 1. The molecule has 0 radical (unpaired) electrons. The number of esters is 1. The van der Waals surface area contributed by atoms with E-state index in [-0.39, 0.29) is 12.5 Å². The number of hydrogen-bond acceptors (Lipinski definition) is 3. The van der Waals surface area contributed by atoms with Gasteiger partial charge in [-0.1, -0.05) is 35.9 Å². The van der Waals surface area contributed by atoms with E-state index in [1.165, 1.54) is 6.08 Å². The Morgan fingerprint density at radius 2 is 1.96 bits per heavy atom. The van der Waals surface area contributed by atoms with Crippen molar-refractivity contribution in [2.75, 3.05) is 11.9 Å². The fraction of sp³-hybridized carbons (Fsp3) is 0.111. The van der Waals surface area contributed by atoms with Crippen molar-refractivity contribution >= 4 is 35.2 Å². The second-order valence-corrected chi connectivity index (χ2v) is 5.35. The van der Waals surface area contributed by atoms with Crippen LogP contribution in [0, 0.1) is 6.92 Å². The van der Waals surface area contributed by atoms with Crippen molar-refractivity contribution in [3.05, 3.63) is 70.8 Å². The van der Waals surface area contributed by atoms with Gasteiger partial charge < -0.3 is 10.1 Å². The van der Waals surface area contributed by atoms with Gasteiger partial charge in [-0.25, -0.2) is 4.79 Å². The number of aryl methyl sites for hydroxylation is 1. The second-order valence-electron chi connectivity index (χ2n) is 4.91. The molecule has 0 aliphatic carbocycles. The van der Waals surface area contributed by atoms with Crippen LogP contribution in [-0.4, -0.2) is 18.5 Å². The number of amides is 1. The SMILES string of the molecule is Cc1cccc(NC(=O)COC(=O)/C=C/c2cccc(Cl)c2)c1. The van der Waals surface area contributed by atoms with E-state index in [4.69, 9.17) is 16.3 Å². The Hall–Kier alpha value is -2.59. The van der Waals surface area contributed by atoms with E-state index in [1.807, 2.05) is 25.1 Å². The smallest absolute Gasteiger partial charge is 0.331 e. The zero-order chi connectivity index (χ0) is 16.7. The highest BCUT2D eigenvalue weighted by atomic mass is 35.5. The molecule has 4 nitrogen and oxygen atoms in total. The third-order valence-corrected chi connectivity index (χ3v) is 3.14. The quantitative estimate of drug-likeness (QED) is 0.669. The van der Waals surface area contributed by atoms with Crippen LogP contribution in [0.15, 0.2) is 54.6 Å². The zero-order valence-corrected chi connectivity index (χ0v) is 13.3. The van der Waals surface area contributed by atoms with Gasteiger partial charge >= 0.3 is 5.97 Å². The van der Waals surface area contributed by atoms with Gasteiger partial charge in [-0.3, -0.25) is 4.79 Å². The van der Waals surface area contributed by atoms with E-state index >= 15 is 0 Å². The minimum Gasteiger partial charge on any atom is -0.452 e. The molecule has 2 aromatic rings. The van der Waals surface area contributed by atoms with Crippen molar-refractivity contribution in [3.8, 4) is 0 Å². The molecule has 0 aliphatic heterocycles. The maximum Gasteiger partial charge on any atom is 0.331 e. The predicted octanol–water partition coefficient (Wildman–Crippen LogP) is 3.84. The van der Waals surface area contributed by atoms with Gasteiger partial charge in [0.2, 0.25) is 0 Å². The first-order chi connectivity index (χ1) is 11.0. The lowest BCUT2D eigenvalue weighted by molar-refractivity contribution is -0.142. The second kappa shape index (κ2) is 8.15. The Labute approximate surface area is 139 Å². The normalized spacial score (nSPS) is 10.5. The molecule has 0 heterocycles. The summed E-state index contributed by atoms with van der Waals surface area (Å²) in [5.74, 6) is -0.982. The molecule has 1 amide bonds. The lowest BCUT2D eigenvalue weighted by Gasteiger charge is -2.06. The predicted molar refractivity (Wildman–Crippen MR) is 91.3 cm³/mol. The van der Waals surface area contributed by atoms with Gasteiger partial charge in [0.05, 0.1) is 0 Å². The van der Waals surface area contributed by atoms with Crippen molar-refractivity contribution < 1.29 is 14.3 Å². The van der Waals surface area contributed by atoms with Crippen LogP contribution in [0.1, 0.15) is 11.1 Å². The van der Waals surface area contributed by atoms with Crippen LogP contribution in [0.3, 0.4) is 0 Å². The molecule has 118 valence electrons. The lowest BCUT2D eigenvalue weighted by atomic mass is 10.2. The molecule has 0 aliphatic rings. The van der Waals surface area contributed by atoms with Crippen LogP contribution in [-0.2, 0) is 14.3 Å². The number of carbonyl (C=O) groups is 2. The molecule has 0 saturated carbocycles. The summed E-state index contributed by atoms with van der Waals surface area (Å²) in [7, 11) is 0. The van der Waals surface area contributed by atoms with Crippen molar-refractivity contribution in [3.63, 3.8) is 0 Å². The number of rotatable bonds is 5. The maximum atomic E-state index is 11.7. The Kier molecular flexibility index (Phi) is 5.94. The first-order valence-corrected chi connectivity index (χ1v) is 7.37. The van der Waals surface area contributed by atoms with Crippen LogP contribution in [0.2, 0.25) is 5.02 Å². The Balaban J connectivity index is 1.81. The van der Waals surface area contributed by atoms with Gasteiger partial charge in [0.25, 0.3) is 5.91 Å². The molecule has 5 heteroatoms. The summed E-state index contributed by atoms with van der Waals surface area (Å²) >= 11 is 5.85. The van der Waals surface area contributed by atoms with Gasteiger partial charge in [0.15, 0.2) is 6.61 Å². The van der Waals surface area contributed by atoms with Crippen LogP contribution < -0.4 is 5.32 Å². The number of ether oxygens (including phenoxy) is 1. The van der Waals surface area contributed by atoms with E-state index in [0.29, 0.717) is 10.7 Å². The highest BCUT2D eigenvalue weighted by Crippen LogP contribution is 2.12. The van der Waals surface area contributed by atoms with Crippen molar-refractivity contribution in [2.45, 2.75) is 6.92 Å². The molecule has 2 aromatic carbocycles. The lowest BCUT2D eigenvalue weighted by Crippen LogP contribution is -2.20. The standard InChI is InChI=1S/C18H16ClNO3/c1-13-4-2-7-16(10-13)20-17(21)12-23-18(22)9-8-14-5-3-6-15(19)11-14/h2-11H,12H2,1H3,(H,20,21)/b9-8+. The largest absolute Gasteiger partial charge is 0.452 e. The fourth-order valence-electron chi connectivity index (χ4n) is 1.88. The molecular formula is C18H16ClNO3. The zero-order valence-electron chi connectivity index (χ0n) is 12.6. The van der Waals surface area contributed by atoms with Crippen molar-refractivity contribution in [1.29, 1.82) is 0 Å². The average Bonchev–Trinajstić information content (AvgIpc) is 2.51. The number of hydrogen-bond donors (Lipinski definition) is 1. The van der Waals surface area contributed by atoms with Crippen molar-refractivity contribution in [1.82, 2.24) is 0 Å². The molecule has 0 unspecified atom stereocenters. The molecule has 0 spiro atoms. The Morgan fingerprint density at radius 3 is 2.70 bits per heavy atom. The molecule has 1 N–H and O–H groups in total. The first-order valence-electron chi connectivity index (χ1n) is 7.00. The van der Waals surface area contributed by atoms with Crippen molar-refractivity contribution in [2.24, 2.45) is 0 Å². The summed E-state index contributed by atoms with van der Waals surface area (Å²) < 4.78 is 4.89. The number of carbonyl (C=O) groups excluding carboxylic acids is 2. The first kappa shape index (κ1) is 16.8. The van der Waals surface area contributed by atoms with Crippen LogP contribution in [0.25, 0.3) is 6.08 Å². The summed E-state index contributed by atoms with van der Waals surface area (Å²) in [6.07, 6.45) is 2.83. The number of benzene rings is 2. The maximum absolute atomic E-state index is 11.7. The van der Waals surface area contributed by atoms with Gasteiger partial charge in [-0.15, -0.1) is 0 Å². The molecule has 2 rings (SSSR count). The molecule has 0 bridgehead atoms. The Morgan fingerprint density at radius 1 is 1.17 bits per heavy atom. The van der Waals surface area contributed by atoms with E-state index in [1.54, 1.807) is 36.4 Å². The van der Waals surface area contributed by atoms with Crippen LogP contribution in [0.5, 0.6) is 0 Å².